The first-order valence-electron chi connectivity index (χ1n) is 4.78. The number of hydrogen-bond donors (Lipinski definition) is 1. The fourth-order valence-corrected chi connectivity index (χ4v) is 1.20. The van der Waals surface area contributed by atoms with Crippen LogP contribution in [0.3, 0.4) is 0 Å². The Morgan fingerprint density at radius 3 is 2.59 bits per heavy atom. The molecule has 3 nitrogen and oxygen atoms in total. The monoisotopic (exact) mass is 265 g/mol. The third kappa shape index (κ3) is 4.60. The molecule has 1 rings (SSSR count). The first kappa shape index (κ1) is 13.8. The summed E-state index contributed by atoms with van der Waals surface area (Å²) >= 11 is 5.42. The summed E-state index contributed by atoms with van der Waals surface area (Å²) in [7, 11) is 0. The first-order chi connectivity index (χ1) is 7.79. The van der Waals surface area contributed by atoms with Crippen molar-refractivity contribution in [3.8, 4) is 0 Å². The Morgan fingerprint density at radius 1 is 1.41 bits per heavy atom. The maximum absolute atomic E-state index is 12.4. The van der Waals surface area contributed by atoms with E-state index in [4.69, 9.17) is 11.6 Å². The number of nitrogens with one attached hydrogen (secondary N) is 1. The molecule has 1 heterocycles. The van der Waals surface area contributed by atoms with Crippen LogP contribution >= 0.6 is 11.6 Å². The molecule has 0 spiro atoms. The van der Waals surface area contributed by atoms with Crippen LogP contribution in [0, 0.1) is 0 Å². The van der Waals surface area contributed by atoms with Gasteiger partial charge in [-0.05, 0) is 25.4 Å². The maximum Gasteiger partial charge on any atom is 0.433 e. The number of halogens is 4. The SMILES string of the molecule is CC(C)=CCNc1cc(C(F)(F)F)nc(Cl)n1. The van der Waals surface area contributed by atoms with E-state index in [1.165, 1.54) is 0 Å². The van der Waals surface area contributed by atoms with Crippen LogP contribution in [0.15, 0.2) is 17.7 Å². The molecule has 0 aliphatic rings. The van der Waals surface area contributed by atoms with Gasteiger partial charge in [0.15, 0.2) is 5.69 Å². The minimum atomic E-state index is -4.53. The summed E-state index contributed by atoms with van der Waals surface area (Å²) in [6.07, 6.45) is -2.71. The topological polar surface area (TPSA) is 37.8 Å². The minimum Gasteiger partial charge on any atom is -0.366 e. The molecule has 0 saturated heterocycles. The van der Waals surface area contributed by atoms with Gasteiger partial charge < -0.3 is 5.32 Å². The zero-order valence-corrected chi connectivity index (χ0v) is 10.0. The van der Waals surface area contributed by atoms with E-state index in [0.29, 0.717) is 6.54 Å². The van der Waals surface area contributed by atoms with Gasteiger partial charge in [0, 0.05) is 12.6 Å². The second kappa shape index (κ2) is 5.35. The van der Waals surface area contributed by atoms with Crippen LogP contribution < -0.4 is 5.32 Å². The van der Waals surface area contributed by atoms with E-state index in [-0.39, 0.29) is 5.82 Å². The normalized spacial score (nSPS) is 11.2. The number of alkyl halides is 3. The summed E-state index contributed by atoms with van der Waals surface area (Å²) in [5.74, 6) is 0.0508. The molecule has 94 valence electrons. The number of nitrogens with zero attached hydrogens (tertiary/aromatic N) is 2. The molecule has 17 heavy (non-hydrogen) atoms. The standard InChI is InChI=1S/C10H11ClF3N3/c1-6(2)3-4-15-8-5-7(10(12,13)14)16-9(11)17-8/h3,5H,4H2,1-2H3,(H,15,16,17). The fraction of sp³-hybridized carbons (Fsp3) is 0.400. The van der Waals surface area contributed by atoms with Crippen LogP contribution in [-0.4, -0.2) is 16.5 Å². The summed E-state index contributed by atoms with van der Waals surface area (Å²) < 4.78 is 37.2. The quantitative estimate of drug-likeness (QED) is 0.671. The predicted molar refractivity (Wildman–Crippen MR) is 60.0 cm³/mol. The largest absolute Gasteiger partial charge is 0.433 e. The highest BCUT2D eigenvalue weighted by molar-refractivity contribution is 6.28. The van der Waals surface area contributed by atoms with Crippen molar-refractivity contribution in [2.45, 2.75) is 20.0 Å². The van der Waals surface area contributed by atoms with Crippen molar-refractivity contribution in [3.63, 3.8) is 0 Å². The summed E-state index contributed by atoms with van der Waals surface area (Å²) in [6.45, 7) is 4.15. The van der Waals surface area contributed by atoms with E-state index in [9.17, 15) is 13.2 Å². The van der Waals surface area contributed by atoms with Gasteiger partial charge in [-0.15, -0.1) is 0 Å². The van der Waals surface area contributed by atoms with E-state index in [1.54, 1.807) is 0 Å². The van der Waals surface area contributed by atoms with Gasteiger partial charge in [-0.1, -0.05) is 11.6 Å². The van der Waals surface area contributed by atoms with Gasteiger partial charge in [0.05, 0.1) is 0 Å². The van der Waals surface area contributed by atoms with Crippen molar-refractivity contribution in [2.24, 2.45) is 0 Å². The minimum absolute atomic E-state index is 0.0508. The number of anilines is 1. The van der Waals surface area contributed by atoms with Crippen molar-refractivity contribution in [3.05, 3.63) is 28.7 Å². The summed E-state index contributed by atoms with van der Waals surface area (Å²) in [5, 5.41) is 2.29. The zero-order valence-electron chi connectivity index (χ0n) is 9.27. The highest BCUT2D eigenvalue weighted by Gasteiger charge is 2.33. The van der Waals surface area contributed by atoms with Crippen molar-refractivity contribution in [2.75, 3.05) is 11.9 Å². The van der Waals surface area contributed by atoms with Crippen LogP contribution in [0.4, 0.5) is 19.0 Å². The smallest absolute Gasteiger partial charge is 0.366 e. The molecule has 0 fully saturated rings. The van der Waals surface area contributed by atoms with E-state index < -0.39 is 17.2 Å². The van der Waals surface area contributed by atoms with Crippen molar-refractivity contribution >= 4 is 17.4 Å². The van der Waals surface area contributed by atoms with Gasteiger partial charge >= 0.3 is 6.18 Å². The summed E-state index contributed by atoms with van der Waals surface area (Å²) in [6, 6.07) is 0.824. The molecule has 0 saturated carbocycles. The lowest BCUT2D eigenvalue weighted by Crippen LogP contribution is -2.11. The molecule has 0 aliphatic heterocycles. The third-order valence-electron chi connectivity index (χ3n) is 1.78. The fourth-order valence-electron chi connectivity index (χ4n) is 1.01. The number of allylic oxidation sites excluding steroid dienone is 1. The van der Waals surface area contributed by atoms with Gasteiger partial charge in [0.25, 0.3) is 0 Å². The van der Waals surface area contributed by atoms with Crippen molar-refractivity contribution < 1.29 is 13.2 Å². The molecule has 0 aromatic carbocycles. The lowest BCUT2D eigenvalue weighted by atomic mass is 10.3. The highest BCUT2D eigenvalue weighted by Crippen LogP contribution is 2.29. The molecule has 0 atom stereocenters. The average Bonchev–Trinajstić information content (AvgIpc) is 2.14. The lowest BCUT2D eigenvalue weighted by Gasteiger charge is -2.08. The Labute approximate surface area is 102 Å². The Bertz CT molecular complexity index is 425. The van der Waals surface area contributed by atoms with Crippen LogP contribution in [-0.2, 0) is 6.18 Å². The third-order valence-corrected chi connectivity index (χ3v) is 1.95. The van der Waals surface area contributed by atoms with Gasteiger partial charge in [-0.3, -0.25) is 0 Å². The molecule has 1 aromatic rings. The van der Waals surface area contributed by atoms with Crippen LogP contribution in [0.5, 0.6) is 0 Å². The molecule has 7 heteroatoms. The van der Waals surface area contributed by atoms with Crippen molar-refractivity contribution in [1.29, 1.82) is 0 Å². The molecular weight excluding hydrogens is 255 g/mol. The molecule has 0 bridgehead atoms. The number of hydrogen-bond acceptors (Lipinski definition) is 3. The molecular formula is C10H11ClF3N3. The van der Waals surface area contributed by atoms with Gasteiger partial charge in [-0.2, -0.15) is 13.2 Å². The van der Waals surface area contributed by atoms with Crippen molar-refractivity contribution in [1.82, 2.24) is 9.97 Å². The molecule has 0 aliphatic carbocycles. The number of rotatable bonds is 3. The van der Waals surface area contributed by atoms with Crippen LogP contribution in [0.1, 0.15) is 19.5 Å². The van der Waals surface area contributed by atoms with E-state index >= 15 is 0 Å². The van der Waals surface area contributed by atoms with Gasteiger partial charge in [0.1, 0.15) is 5.82 Å². The molecule has 1 aromatic heterocycles. The van der Waals surface area contributed by atoms with Gasteiger partial charge in [-0.25, -0.2) is 9.97 Å². The molecule has 0 unspecified atom stereocenters. The maximum atomic E-state index is 12.4. The predicted octanol–water partition coefficient (Wildman–Crippen LogP) is 3.53. The Kier molecular flexibility index (Phi) is 4.34. The van der Waals surface area contributed by atoms with E-state index in [0.717, 1.165) is 11.6 Å². The summed E-state index contributed by atoms with van der Waals surface area (Å²) in [4.78, 5) is 6.78. The average molecular weight is 266 g/mol. The second-order valence-electron chi connectivity index (χ2n) is 3.57. The van der Waals surface area contributed by atoms with Gasteiger partial charge in [0.2, 0.25) is 5.28 Å². The molecule has 0 amide bonds. The van der Waals surface area contributed by atoms with Crippen LogP contribution in [0.25, 0.3) is 0 Å². The Morgan fingerprint density at radius 2 is 2.06 bits per heavy atom. The number of aromatic nitrogens is 2. The second-order valence-corrected chi connectivity index (χ2v) is 3.91. The zero-order chi connectivity index (χ0) is 13.1. The van der Waals surface area contributed by atoms with Crippen LogP contribution in [0.2, 0.25) is 5.28 Å². The van der Waals surface area contributed by atoms with E-state index in [1.807, 2.05) is 19.9 Å². The molecule has 1 N–H and O–H groups in total. The Hall–Kier alpha value is -1.30. The van der Waals surface area contributed by atoms with E-state index in [2.05, 4.69) is 15.3 Å². The summed E-state index contributed by atoms with van der Waals surface area (Å²) in [5.41, 5.74) is -0.00843. The molecule has 0 radical (unpaired) electrons. The first-order valence-corrected chi connectivity index (χ1v) is 5.16. The lowest BCUT2D eigenvalue weighted by molar-refractivity contribution is -0.141. The Balaban J connectivity index is 2.87. The highest BCUT2D eigenvalue weighted by atomic mass is 35.5.